The summed E-state index contributed by atoms with van der Waals surface area (Å²) >= 11 is 0. The van der Waals surface area contributed by atoms with E-state index < -0.39 is 0 Å². The molecule has 3 nitrogen and oxygen atoms in total. The Bertz CT molecular complexity index is 857. The van der Waals surface area contributed by atoms with E-state index in [0.717, 1.165) is 23.6 Å². The SMILES string of the molecule is CN(C(=O)c1nccc2ccccc12)C1Cc2ccccc2C1. The molecule has 0 saturated heterocycles. The van der Waals surface area contributed by atoms with Crippen molar-refractivity contribution in [2.45, 2.75) is 18.9 Å². The number of fused-ring (bicyclic) bond motifs is 2. The van der Waals surface area contributed by atoms with Crippen LogP contribution in [0.25, 0.3) is 10.8 Å². The highest BCUT2D eigenvalue weighted by molar-refractivity contribution is 6.05. The summed E-state index contributed by atoms with van der Waals surface area (Å²) in [5.74, 6) is -0.000365. The number of carbonyl (C=O) groups is 1. The molecule has 3 heteroatoms. The van der Waals surface area contributed by atoms with Gasteiger partial charge in [0.1, 0.15) is 5.69 Å². The van der Waals surface area contributed by atoms with Gasteiger partial charge in [0.25, 0.3) is 5.91 Å². The van der Waals surface area contributed by atoms with Crippen molar-refractivity contribution in [1.29, 1.82) is 0 Å². The number of aromatic nitrogens is 1. The van der Waals surface area contributed by atoms with Gasteiger partial charge in [-0.1, -0.05) is 48.5 Å². The minimum Gasteiger partial charge on any atom is -0.337 e. The van der Waals surface area contributed by atoms with Gasteiger partial charge in [-0.15, -0.1) is 0 Å². The van der Waals surface area contributed by atoms with Crippen LogP contribution < -0.4 is 0 Å². The fourth-order valence-corrected chi connectivity index (χ4v) is 3.43. The quantitative estimate of drug-likeness (QED) is 0.726. The van der Waals surface area contributed by atoms with E-state index >= 15 is 0 Å². The van der Waals surface area contributed by atoms with E-state index in [1.807, 2.05) is 42.3 Å². The van der Waals surface area contributed by atoms with E-state index in [9.17, 15) is 4.79 Å². The minimum atomic E-state index is -0.000365. The van der Waals surface area contributed by atoms with Crippen LogP contribution in [0.4, 0.5) is 0 Å². The normalized spacial score (nSPS) is 14.0. The van der Waals surface area contributed by atoms with Gasteiger partial charge in [0.05, 0.1) is 0 Å². The van der Waals surface area contributed by atoms with E-state index in [2.05, 4.69) is 29.2 Å². The molecule has 0 aliphatic heterocycles. The number of amides is 1. The molecule has 0 unspecified atom stereocenters. The predicted octanol–water partition coefficient (Wildman–Crippen LogP) is 3.47. The lowest BCUT2D eigenvalue weighted by Gasteiger charge is -2.24. The van der Waals surface area contributed by atoms with Gasteiger partial charge in [-0.2, -0.15) is 0 Å². The molecule has 4 rings (SSSR count). The van der Waals surface area contributed by atoms with E-state index in [-0.39, 0.29) is 11.9 Å². The Morgan fingerprint density at radius 3 is 2.39 bits per heavy atom. The van der Waals surface area contributed by atoms with Gasteiger partial charge in [-0.3, -0.25) is 9.78 Å². The third-order valence-electron chi connectivity index (χ3n) is 4.77. The van der Waals surface area contributed by atoms with E-state index in [1.54, 1.807) is 6.20 Å². The summed E-state index contributed by atoms with van der Waals surface area (Å²) in [5.41, 5.74) is 3.24. The summed E-state index contributed by atoms with van der Waals surface area (Å²) in [5, 5.41) is 1.97. The number of rotatable bonds is 2. The Balaban J connectivity index is 1.64. The standard InChI is InChI=1S/C20H18N2O/c1-22(17-12-15-7-2-3-8-16(15)13-17)20(23)19-18-9-5-4-6-14(18)10-11-21-19/h2-11,17H,12-13H2,1H3. The molecule has 0 atom stereocenters. The molecule has 114 valence electrons. The first-order chi connectivity index (χ1) is 11.2. The van der Waals surface area contributed by atoms with Crippen LogP contribution >= 0.6 is 0 Å². The van der Waals surface area contributed by atoms with Crippen LogP contribution in [0, 0.1) is 0 Å². The molecule has 1 aromatic heterocycles. The zero-order valence-electron chi connectivity index (χ0n) is 13.1. The zero-order chi connectivity index (χ0) is 15.8. The fraction of sp³-hybridized carbons (Fsp3) is 0.200. The summed E-state index contributed by atoms with van der Waals surface area (Å²) in [4.78, 5) is 19.2. The molecular weight excluding hydrogens is 284 g/mol. The van der Waals surface area contributed by atoms with Crippen LogP contribution in [0.5, 0.6) is 0 Å². The first kappa shape index (κ1) is 13.9. The smallest absolute Gasteiger partial charge is 0.273 e. The van der Waals surface area contributed by atoms with Gasteiger partial charge < -0.3 is 4.90 Å². The third-order valence-corrected chi connectivity index (χ3v) is 4.77. The van der Waals surface area contributed by atoms with Gasteiger partial charge in [0.15, 0.2) is 0 Å². The molecule has 0 saturated carbocycles. The third kappa shape index (κ3) is 2.38. The van der Waals surface area contributed by atoms with Crippen LogP contribution in [0.15, 0.2) is 60.8 Å². The molecule has 1 amide bonds. The Hall–Kier alpha value is -2.68. The summed E-state index contributed by atoms with van der Waals surface area (Å²) in [6, 6.07) is 18.5. The van der Waals surface area contributed by atoms with Gasteiger partial charge in [0.2, 0.25) is 0 Å². The number of benzene rings is 2. The summed E-state index contributed by atoms with van der Waals surface area (Å²) in [6.45, 7) is 0. The Labute approximate surface area is 135 Å². The topological polar surface area (TPSA) is 33.2 Å². The molecule has 2 aromatic carbocycles. The van der Waals surface area contributed by atoms with Crippen molar-refractivity contribution in [2.75, 3.05) is 7.05 Å². The van der Waals surface area contributed by atoms with Crippen molar-refractivity contribution in [3.8, 4) is 0 Å². The fourth-order valence-electron chi connectivity index (χ4n) is 3.43. The average molecular weight is 302 g/mol. The molecule has 3 aromatic rings. The number of carbonyl (C=O) groups excluding carboxylic acids is 1. The van der Waals surface area contributed by atoms with Gasteiger partial charge in [-0.25, -0.2) is 0 Å². The predicted molar refractivity (Wildman–Crippen MR) is 91.5 cm³/mol. The largest absolute Gasteiger partial charge is 0.337 e. The molecule has 1 aliphatic carbocycles. The molecule has 1 heterocycles. The molecule has 0 radical (unpaired) electrons. The van der Waals surface area contributed by atoms with E-state index in [4.69, 9.17) is 0 Å². The first-order valence-corrected chi connectivity index (χ1v) is 7.92. The number of pyridine rings is 1. The van der Waals surface area contributed by atoms with Crippen LogP contribution in [0.2, 0.25) is 0 Å². The number of likely N-dealkylation sites (N-methyl/N-ethyl adjacent to an activating group) is 1. The van der Waals surface area contributed by atoms with Crippen molar-refractivity contribution < 1.29 is 4.79 Å². The van der Waals surface area contributed by atoms with Crippen molar-refractivity contribution >= 4 is 16.7 Å². The highest BCUT2D eigenvalue weighted by Crippen LogP contribution is 2.26. The highest BCUT2D eigenvalue weighted by Gasteiger charge is 2.28. The summed E-state index contributed by atoms with van der Waals surface area (Å²) in [7, 11) is 1.89. The highest BCUT2D eigenvalue weighted by atomic mass is 16.2. The van der Waals surface area contributed by atoms with Crippen LogP contribution in [0.3, 0.4) is 0 Å². The van der Waals surface area contributed by atoms with Crippen LogP contribution in [0.1, 0.15) is 21.6 Å². The van der Waals surface area contributed by atoms with Crippen LogP contribution in [-0.2, 0) is 12.8 Å². The second kappa shape index (κ2) is 5.51. The maximum absolute atomic E-state index is 13.0. The molecule has 0 N–H and O–H groups in total. The van der Waals surface area contributed by atoms with E-state index in [0.29, 0.717) is 5.69 Å². The maximum atomic E-state index is 13.0. The lowest BCUT2D eigenvalue weighted by atomic mass is 10.1. The number of hydrogen-bond donors (Lipinski definition) is 0. The molecule has 1 aliphatic rings. The first-order valence-electron chi connectivity index (χ1n) is 7.92. The minimum absolute atomic E-state index is 0.000365. The Morgan fingerprint density at radius 1 is 1.00 bits per heavy atom. The average Bonchev–Trinajstić information content (AvgIpc) is 3.04. The zero-order valence-corrected chi connectivity index (χ0v) is 13.1. The maximum Gasteiger partial charge on any atom is 0.273 e. The lowest BCUT2D eigenvalue weighted by Crippen LogP contribution is -2.38. The summed E-state index contributed by atoms with van der Waals surface area (Å²) < 4.78 is 0. The van der Waals surface area contributed by atoms with Crippen molar-refractivity contribution in [1.82, 2.24) is 9.88 Å². The molecule has 0 bridgehead atoms. The van der Waals surface area contributed by atoms with Crippen molar-refractivity contribution in [2.24, 2.45) is 0 Å². The molecule has 0 spiro atoms. The second-order valence-electron chi connectivity index (χ2n) is 6.13. The van der Waals surface area contributed by atoms with Crippen LogP contribution in [-0.4, -0.2) is 28.9 Å². The monoisotopic (exact) mass is 302 g/mol. The molecule has 0 fully saturated rings. The van der Waals surface area contributed by atoms with Gasteiger partial charge in [-0.05, 0) is 35.4 Å². The number of nitrogens with zero attached hydrogens (tertiary/aromatic N) is 2. The number of hydrogen-bond acceptors (Lipinski definition) is 2. The van der Waals surface area contributed by atoms with E-state index in [1.165, 1.54) is 11.1 Å². The van der Waals surface area contributed by atoms with Gasteiger partial charge >= 0.3 is 0 Å². The Morgan fingerprint density at radius 2 is 1.65 bits per heavy atom. The van der Waals surface area contributed by atoms with Crippen molar-refractivity contribution in [3.63, 3.8) is 0 Å². The Kier molecular flexibility index (Phi) is 3.34. The van der Waals surface area contributed by atoms with Crippen molar-refractivity contribution in [3.05, 3.63) is 77.6 Å². The molecular formula is C20H18N2O. The molecule has 23 heavy (non-hydrogen) atoms. The summed E-state index contributed by atoms with van der Waals surface area (Å²) in [6.07, 6.45) is 3.55. The lowest BCUT2D eigenvalue weighted by molar-refractivity contribution is 0.0734. The second-order valence-corrected chi connectivity index (χ2v) is 6.13. The van der Waals surface area contributed by atoms with Gasteiger partial charge in [0, 0.05) is 24.7 Å².